The fourth-order valence-electron chi connectivity index (χ4n) is 2.85. The van der Waals surface area contributed by atoms with Crippen molar-refractivity contribution in [3.63, 3.8) is 0 Å². The van der Waals surface area contributed by atoms with E-state index in [4.69, 9.17) is 4.74 Å². The maximum atomic E-state index is 12.2. The average Bonchev–Trinajstić information content (AvgIpc) is 2.71. The fourth-order valence-corrected chi connectivity index (χ4v) is 2.85. The summed E-state index contributed by atoms with van der Waals surface area (Å²) in [6.45, 7) is -0.335. The van der Waals surface area contributed by atoms with Crippen LogP contribution < -0.4 is 20.3 Å². The predicted octanol–water partition coefficient (Wildman–Crippen LogP) is 0.700. The molecule has 3 N–H and O–H groups in total. The third-order valence-electron chi connectivity index (χ3n) is 4.39. The fraction of sp³-hybridized carbons (Fsp3) is 0.250. The molecule has 1 aliphatic heterocycles. The summed E-state index contributed by atoms with van der Waals surface area (Å²) in [5, 5.41) is 14.5. The molecule has 8 heteroatoms. The summed E-state index contributed by atoms with van der Waals surface area (Å²) in [5.41, 5.74) is 1.80. The number of benzene rings is 2. The van der Waals surface area contributed by atoms with E-state index in [9.17, 15) is 19.5 Å². The van der Waals surface area contributed by atoms with Gasteiger partial charge in [0.2, 0.25) is 0 Å². The summed E-state index contributed by atoms with van der Waals surface area (Å²) >= 11 is 0. The topological polar surface area (TPSA) is 108 Å². The first kappa shape index (κ1) is 19.4. The summed E-state index contributed by atoms with van der Waals surface area (Å²) in [5.74, 6) is -1.40. The van der Waals surface area contributed by atoms with E-state index in [1.807, 2.05) is 30.3 Å². The minimum Gasteiger partial charge on any atom is -0.482 e. The molecule has 0 aliphatic carbocycles. The van der Waals surface area contributed by atoms with Gasteiger partial charge in [-0.15, -0.1) is 0 Å². The molecule has 0 saturated carbocycles. The second kappa shape index (κ2) is 8.53. The van der Waals surface area contributed by atoms with Crippen molar-refractivity contribution in [1.29, 1.82) is 0 Å². The number of hydrogen-bond donors (Lipinski definition) is 3. The van der Waals surface area contributed by atoms with Crippen LogP contribution in [0.5, 0.6) is 5.75 Å². The molecule has 1 unspecified atom stereocenters. The molecule has 0 spiro atoms. The Morgan fingerprint density at radius 1 is 1.18 bits per heavy atom. The second-order valence-corrected chi connectivity index (χ2v) is 6.42. The lowest BCUT2D eigenvalue weighted by Gasteiger charge is -2.26. The van der Waals surface area contributed by atoms with Crippen LogP contribution in [0.3, 0.4) is 0 Å². The van der Waals surface area contributed by atoms with Gasteiger partial charge in [0.05, 0.1) is 18.3 Å². The van der Waals surface area contributed by atoms with Gasteiger partial charge in [-0.1, -0.05) is 30.3 Å². The molecule has 1 heterocycles. The van der Waals surface area contributed by atoms with Gasteiger partial charge >= 0.3 is 11.8 Å². The van der Waals surface area contributed by atoms with Crippen molar-refractivity contribution in [2.45, 2.75) is 12.5 Å². The summed E-state index contributed by atoms with van der Waals surface area (Å²) in [4.78, 5) is 37.6. The third kappa shape index (κ3) is 4.47. The standard InChI is InChI=1S/C20H21N3O5/c1-23-16-10-14(7-8-17(16)28-12-18(23)25)21-19(26)20(27)22-15(11-24)9-13-5-3-2-4-6-13/h2-8,10,15,24H,9,11-12H2,1H3,(H,21,26)(H,22,27). The Labute approximate surface area is 162 Å². The van der Waals surface area contributed by atoms with E-state index in [-0.39, 0.29) is 19.1 Å². The van der Waals surface area contributed by atoms with E-state index in [1.165, 1.54) is 4.90 Å². The van der Waals surface area contributed by atoms with E-state index >= 15 is 0 Å². The van der Waals surface area contributed by atoms with Gasteiger partial charge in [0.25, 0.3) is 5.91 Å². The minimum absolute atomic E-state index is 0.0401. The second-order valence-electron chi connectivity index (χ2n) is 6.42. The van der Waals surface area contributed by atoms with Crippen molar-refractivity contribution in [2.75, 3.05) is 30.5 Å². The van der Waals surface area contributed by atoms with Crippen LogP contribution in [0.1, 0.15) is 5.56 Å². The molecule has 0 aromatic heterocycles. The van der Waals surface area contributed by atoms with Gasteiger partial charge < -0.3 is 25.4 Å². The quantitative estimate of drug-likeness (QED) is 0.659. The number of aliphatic hydroxyl groups excluding tert-OH is 1. The molecule has 3 rings (SSSR count). The number of rotatable bonds is 5. The molecule has 1 atom stereocenters. The highest BCUT2D eigenvalue weighted by atomic mass is 16.5. The number of likely N-dealkylation sites (N-methyl/N-ethyl adjacent to an activating group) is 1. The van der Waals surface area contributed by atoms with E-state index in [2.05, 4.69) is 10.6 Å². The Morgan fingerprint density at radius 3 is 2.64 bits per heavy atom. The summed E-state index contributed by atoms with van der Waals surface area (Å²) in [6.07, 6.45) is 0.402. The van der Waals surface area contributed by atoms with Crippen LogP contribution in [0, 0.1) is 0 Å². The maximum Gasteiger partial charge on any atom is 0.313 e. The van der Waals surface area contributed by atoms with Crippen LogP contribution in [-0.4, -0.2) is 49.1 Å². The monoisotopic (exact) mass is 383 g/mol. The molecule has 8 nitrogen and oxygen atoms in total. The first-order chi connectivity index (χ1) is 13.5. The van der Waals surface area contributed by atoms with Crippen LogP contribution in [0.4, 0.5) is 11.4 Å². The van der Waals surface area contributed by atoms with Crippen LogP contribution in [0.15, 0.2) is 48.5 Å². The number of carbonyl (C=O) groups is 3. The van der Waals surface area contributed by atoms with Crippen molar-refractivity contribution in [3.05, 3.63) is 54.1 Å². The van der Waals surface area contributed by atoms with Gasteiger partial charge in [-0.3, -0.25) is 14.4 Å². The molecular formula is C20H21N3O5. The number of amides is 3. The summed E-state index contributed by atoms with van der Waals surface area (Å²) in [6, 6.07) is 13.5. The lowest BCUT2D eigenvalue weighted by molar-refractivity contribution is -0.136. The smallest absolute Gasteiger partial charge is 0.313 e. The number of nitrogens with one attached hydrogen (secondary N) is 2. The zero-order valence-electron chi connectivity index (χ0n) is 15.3. The normalized spacial score (nSPS) is 13.9. The number of aliphatic hydroxyl groups is 1. The Hall–Kier alpha value is -3.39. The van der Waals surface area contributed by atoms with E-state index < -0.39 is 17.9 Å². The van der Waals surface area contributed by atoms with E-state index in [0.717, 1.165) is 5.56 Å². The summed E-state index contributed by atoms with van der Waals surface area (Å²) < 4.78 is 5.33. The predicted molar refractivity (Wildman–Crippen MR) is 103 cm³/mol. The lowest BCUT2D eigenvalue weighted by atomic mass is 10.1. The van der Waals surface area contributed by atoms with Crippen molar-refractivity contribution < 1.29 is 24.2 Å². The minimum atomic E-state index is -0.864. The number of nitrogens with zero attached hydrogens (tertiary/aromatic N) is 1. The van der Waals surface area contributed by atoms with Crippen molar-refractivity contribution in [1.82, 2.24) is 5.32 Å². The molecule has 3 amide bonds. The molecular weight excluding hydrogens is 362 g/mol. The number of fused-ring (bicyclic) bond motifs is 1. The SMILES string of the molecule is CN1C(=O)COc2ccc(NC(=O)C(=O)NC(CO)Cc3ccccc3)cc21. The Balaban J connectivity index is 1.62. The Kier molecular flexibility index (Phi) is 5.90. The van der Waals surface area contributed by atoms with Crippen LogP contribution in [0.2, 0.25) is 0 Å². The van der Waals surface area contributed by atoms with Crippen molar-refractivity contribution in [2.24, 2.45) is 0 Å². The molecule has 28 heavy (non-hydrogen) atoms. The number of ether oxygens (including phenoxy) is 1. The van der Waals surface area contributed by atoms with Crippen molar-refractivity contribution in [3.8, 4) is 5.75 Å². The van der Waals surface area contributed by atoms with Gasteiger partial charge in [0.1, 0.15) is 5.75 Å². The highest BCUT2D eigenvalue weighted by molar-refractivity contribution is 6.39. The first-order valence-electron chi connectivity index (χ1n) is 8.78. The molecule has 1 aliphatic rings. The molecule has 2 aromatic carbocycles. The molecule has 0 bridgehead atoms. The zero-order chi connectivity index (χ0) is 20.1. The van der Waals surface area contributed by atoms with Crippen LogP contribution in [0.25, 0.3) is 0 Å². The van der Waals surface area contributed by atoms with Gasteiger partial charge in [0, 0.05) is 12.7 Å². The average molecular weight is 383 g/mol. The first-order valence-corrected chi connectivity index (χ1v) is 8.78. The molecule has 0 fully saturated rings. The molecule has 146 valence electrons. The van der Waals surface area contributed by atoms with Gasteiger partial charge in [-0.05, 0) is 30.2 Å². The lowest BCUT2D eigenvalue weighted by Crippen LogP contribution is -2.44. The maximum absolute atomic E-state index is 12.2. The number of hydrogen-bond acceptors (Lipinski definition) is 5. The Morgan fingerprint density at radius 2 is 1.93 bits per heavy atom. The highest BCUT2D eigenvalue weighted by Crippen LogP contribution is 2.33. The van der Waals surface area contributed by atoms with Crippen molar-refractivity contribution >= 4 is 29.1 Å². The van der Waals surface area contributed by atoms with Crippen LogP contribution in [-0.2, 0) is 20.8 Å². The number of anilines is 2. The number of carbonyl (C=O) groups excluding carboxylic acids is 3. The van der Waals surface area contributed by atoms with E-state index in [1.54, 1.807) is 25.2 Å². The zero-order valence-corrected chi connectivity index (χ0v) is 15.3. The van der Waals surface area contributed by atoms with Gasteiger partial charge in [-0.25, -0.2) is 0 Å². The third-order valence-corrected chi connectivity index (χ3v) is 4.39. The molecule has 0 radical (unpaired) electrons. The molecule has 0 saturated heterocycles. The van der Waals surface area contributed by atoms with Gasteiger partial charge in [0.15, 0.2) is 6.61 Å². The van der Waals surface area contributed by atoms with Gasteiger partial charge in [-0.2, -0.15) is 0 Å². The van der Waals surface area contributed by atoms with Crippen LogP contribution >= 0.6 is 0 Å². The van der Waals surface area contributed by atoms with E-state index in [0.29, 0.717) is 23.5 Å². The molecule has 2 aromatic rings. The largest absolute Gasteiger partial charge is 0.482 e. The highest BCUT2D eigenvalue weighted by Gasteiger charge is 2.24. The Bertz CT molecular complexity index is 885. The summed E-state index contributed by atoms with van der Waals surface area (Å²) in [7, 11) is 1.61.